The molecule has 4 heteroatoms. The second kappa shape index (κ2) is 7.25. The van der Waals surface area contributed by atoms with Crippen LogP contribution in [0.25, 0.3) is 0 Å². The molecule has 114 valence electrons. The van der Waals surface area contributed by atoms with Crippen LogP contribution in [-0.2, 0) is 9.59 Å². The molecular formula is C17H24N2O2. The van der Waals surface area contributed by atoms with Gasteiger partial charge in [-0.3, -0.25) is 9.59 Å². The van der Waals surface area contributed by atoms with Crippen molar-refractivity contribution in [3.05, 3.63) is 35.9 Å². The zero-order valence-electron chi connectivity index (χ0n) is 12.8. The van der Waals surface area contributed by atoms with Gasteiger partial charge in [-0.1, -0.05) is 37.3 Å². The molecule has 2 atom stereocenters. The third-order valence-electron chi connectivity index (χ3n) is 4.25. The summed E-state index contributed by atoms with van der Waals surface area (Å²) in [7, 11) is 0. The van der Waals surface area contributed by atoms with Gasteiger partial charge < -0.3 is 10.2 Å². The Morgan fingerprint density at radius 3 is 2.67 bits per heavy atom. The highest BCUT2D eigenvalue weighted by Crippen LogP contribution is 2.20. The minimum atomic E-state index is -0.282. The SMILES string of the molecule is CC[C@@H](CNC(=O)[C@@H]1CCCN1C(C)=O)c1ccccc1. The van der Waals surface area contributed by atoms with Crippen molar-refractivity contribution in [2.75, 3.05) is 13.1 Å². The highest BCUT2D eigenvalue weighted by molar-refractivity contribution is 5.87. The first kappa shape index (κ1) is 15.5. The van der Waals surface area contributed by atoms with E-state index in [0.29, 0.717) is 19.0 Å². The Kier molecular flexibility index (Phi) is 5.37. The van der Waals surface area contributed by atoms with E-state index in [1.807, 2.05) is 18.2 Å². The second-order valence-corrected chi connectivity index (χ2v) is 5.63. The van der Waals surface area contributed by atoms with E-state index < -0.39 is 0 Å². The number of rotatable bonds is 5. The number of amides is 2. The highest BCUT2D eigenvalue weighted by atomic mass is 16.2. The number of likely N-dealkylation sites (tertiary alicyclic amines) is 1. The fourth-order valence-electron chi connectivity index (χ4n) is 2.98. The van der Waals surface area contributed by atoms with Gasteiger partial charge in [0.2, 0.25) is 11.8 Å². The second-order valence-electron chi connectivity index (χ2n) is 5.63. The quantitative estimate of drug-likeness (QED) is 0.904. The number of nitrogens with zero attached hydrogens (tertiary/aromatic N) is 1. The van der Waals surface area contributed by atoms with Crippen LogP contribution in [0, 0.1) is 0 Å². The lowest BCUT2D eigenvalue weighted by atomic mass is 9.96. The average molecular weight is 288 g/mol. The smallest absolute Gasteiger partial charge is 0.242 e. The Morgan fingerprint density at radius 1 is 1.33 bits per heavy atom. The van der Waals surface area contributed by atoms with E-state index in [4.69, 9.17) is 0 Å². The van der Waals surface area contributed by atoms with Crippen molar-refractivity contribution in [1.82, 2.24) is 10.2 Å². The van der Waals surface area contributed by atoms with Gasteiger partial charge in [-0.25, -0.2) is 0 Å². The maximum Gasteiger partial charge on any atom is 0.242 e. The van der Waals surface area contributed by atoms with Crippen LogP contribution in [0.1, 0.15) is 44.6 Å². The van der Waals surface area contributed by atoms with E-state index in [2.05, 4.69) is 24.4 Å². The summed E-state index contributed by atoms with van der Waals surface area (Å²) in [6.45, 7) is 4.98. The van der Waals surface area contributed by atoms with Crippen molar-refractivity contribution < 1.29 is 9.59 Å². The predicted molar refractivity (Wildman–Crippen MR) is 82.9 cm³/mol. The fourth-order valence-corrected chi connectivity index (χ4v) is 2.98. The first-order chi connectivity index (χ1) is 10.1. The molecule has 0 saturated carbocycles. The molecule has 1 aliphatic rings. The van der Waals surface area contributed by atoms with Gasteiger partial charge >= 0.3 is 0 Å². The molecule has 1 heterocycles. The van der Waals surface area contributed by atoms with E-state index in [-0.39, 0.29) is 17.9 Å². The summed E-state index contributed by atoms with van der Waals surface area (Å²) in [5.74, 6) is 0.294. The van der Waals surface area contributed by atoms with Crippen molar-refractivity contribution in [2.24, 2.45) is 0 Å². The van der Waals surface area contributed by atoms with Crippen LogP contribution in [0.4, 0.5) is 0 Å². The standard InChI is InChI=1S/C17H24N2O2/c1-3-14(15-8-5-4-6-9-15)12-18-17(21)16-10-7-11-19(16)13(2)20/h4-6,8-9,14,16H,3,7,10-12H2,1-2H3,(H,18,21)/t14-,16-/m0/s1. The highest BCUT2D eigenvalue weighted by Gasteiger charge is 2.32. The Bertz CT molecular complexity index is 487. The monoisotopic (exact) mass is 288 g/mol. The molecular weight excluding hydrogens is 264 g/mol. The molecule has 0 spiro atoms. The van der Waals surface area contributed by atoms with E-state index >= 15 is 0 Å². The Labute approximate surface area is 126 Å². The average Bonchev–Trinajstić information content (AvgIpc) is 2.98. The summed E-state index contributed by atoms with van der Waals surface area (Å²) < 4.78 is 0. The zero-order valence-corrected chi connectivity index (χ0v) is 12.8. The van der Waals surface area contributed by atoms with Crippen molar-refractivity contribution in [3.63, 3.8) is 0 Å². The molecule has 1 aliphatic heterocycles. The Balaban J connectivity index is 1.92. The van der Waals surface area contributed by atoms with Crippen molar-refractivity contribution >= 4 is 11.8 Å². The van der Waals surface area contributed by atoms with Crippen molar-refractivity contribution in [2.45, 2.75) is 45.1 Å². The van der Waals surface area contributed by atoms with Gasteiger partial charge in [0.15, 0.2) is 0 Å². The lowest BCUT2D eigenvalue weighted by molar-refractivity contribution is -0.136. The molecule has 1 aromatic rings. The molecule has 1 aromatic carbocycles. The number of carbonyl (C=O) groups excluding carboxylic acids is 2. The molecule has 1 fully saturated rings. The molecule has 2 rings (SSSR count). The summed E-state index contributed by atoms with van der Waals surface area (Å²) >= 11 is 0. The normalized spacial score (nSPS) is 19.3. The van der Waals surface area contributed by atoms with Gasteiger partial charge in [0.25, 0.3) is 0 Å². The third-order valence-corrected chi connectivity index (χ3v) is 4.25. The molecule has 0 bridgehead atoms. The molecule has 2 amide bonds. The first-order valence-electron chi connectivity index (χ1n) is 7.73. The largest absolute Gasteiger partial charge is 0.354 e. The maximum absolute atomic E-state index is 12.3. The van der Waals surface area contributed by atoms with Gasteiger partial charge in [0.05, 0.1) is 0 Å². The molecule has 0 aliphatic carbocycles. The molecule has 4 nitrogen and oxygen atoms in total. The molecule has 0 unspecified atom stereocenters. The Morgan fingerprint density at radius 2 is 2.05 bits per heavy atom. The van der Waals surface area contributed by atoms with Gasteiger partial charge in [0, 0.05) is 25.9 Å². The van der Waals surface area contributed by atoms with Gasteiger partial charge in [0.1, 0.15) is 6.04 Å². The summed E-state index contributed by atoms with van der Waals surface area (Å²) in [6.07, 6.45) is 2.66. The van der Waals surface area contributed by atoms with E-state index in [9.17, 15) is 9.59 Å². The fraction of sp³-hybridized carbons (Fsp3) is 0.529. The van der Waals surface area contributed by atoms with Crippen molar-refractivity contribution in [1.29, 1.82) is 0 Å². The van der Waals surface area contributed by atoms with Crippen LogP contribution in [-0.4, -0.2) is 35.8 Å². The summed E-state index contributed by atoms with van der Waals surface area (Å²) in [4.78, 5) is 25.5. The molecule has 21 heavy (non-hydrogen) atoms. The summed E-state index contributed by atoms with van der Waals surface area (Å²) in [5.41, 5.74) is 1.25. The summed E-state index contributed by atoms with van der Waals surface area (Å²) in [5, 5.41) is 3.03. The predicted octanol–water partition coefficient (Wildman–Crippen LogP) is 2.31. The van der Waals surface area contributed by atoms with Gasteiger partial charge in [-0.2, -0.15) is 0 Å². The van der Waals surface area contributed by atoms with Gasteiger partial charge in [-0.15, -0.1) is 0 Å². The summed E-state index contributed by atoms with van der Waals surface area (Å²) in [6, 6.07) is 9.95. The minimum Gasteiger partial charge on any atom is -0.354 e. The molecule has 1 N–H and O–H groups in total. The molecule has 0 radical (unpaired) electrons. The van der Waals surface area contributed by atoms with E-state index in [1.165, 1.54) is 12.5 Å². The third kappa shape index (κ3) is 3.84. The number of nitrogens with one attached hydrogen (secondary N) is 1. The van der Waals surface area contributed by atoms with Crippen LogP contribution in [0.2, 0.25) is 0 Å². The van der Waals surface area contributed by atoms with Gasteiger partial charge in [-0.05, 0) is 24.8 Å². The first-order valence-corrected chi connectivity index (χ1v) is 7.73. The minimum absolute atomic E-state index is 0.0113. The number of benzene rings is 1. The van der Waals surface area contributed by atoms with E-state index in [0.717, 1.165) is 19.3 Å². The number of hydrogen-bond acceptors (Lipinski definition) is 2. The van der Waals surface area contributed by atoms with Crippen LogP contribution in [0.3, 0.4) is 0 Å². The van der Waals surface area contributed by atoms with Crippen LogP contribution in [0.5, 0.6) is 0 Å². The topological polar surface area (TPSA) is 49.4 Å². The lowest BCUT2D eigenvalue weighted by Gasteiger charge is -2.24. The van der Waals surface area contributed by atoms with Crippen LogP contribution in [0.15, 0.2) is 30.3 Å². The van der Waals surface area contributed by atoms with Crippen molar-refractivity contribution in [3.8, 4) is 0 Å². The Hall–Kier alpha value is -1.84. The molecule has 0 aromatic heterocycles. The lowest BCUT2D eigenvalue weighted by Crippen LogP contribution is -2.46. The maximum atomic E-state index is 12.3. The van der Waals surface area contributed by atoms with E-state index in [1.54, 1.807) is 4.90 Å². The number of hydrogen-bond donors (Lipinski definition) is 1. The van der Waals surface area contributed by atoms with Crippen LogP contribution >= 0.6 is 0 Å². The van der Waals surface area contributed by atoms with Crippen LogP contribution < -0.4 is 5.32 Å². The molecule has 1 saturated heterocycles. The zero-order chi connectivity index (χ0) is 15.2. The number of carbonyl (C=O) groups is 2.